The molecule has 4 heteroatoms. The molecule has 4 aliphatic carbocycles. The van der Waals surface area contributed by atoms with Gasteiger partial charge in [-0.1, -0.05) is 26.7 Å². The number of rotatable bonds is 5. The van der Waals surface area contributed by atoms with Crippen molar-refractivity contribution in [1.29, 1.82) is 0 Å². The van der Waals surface area contributed by atoms with Gasteiger partial charge in [-0.15, -0.1) is 0 Å². The molecule has 4 saturated carbocycles. The number of carbonyl (C=O) groups excluding carboxylic acids is 2. The molecule has 0 spiro atoms. The van der Waals surface area contributed by atoms with E-state index >= 15 is 0 Å². The van der Waals surface area contributed by atoms with Crippen molar-refractivity contribution in [3.05, 3.63) is 0 Å². The van der Waals surface area contributed by atoms with Crippen LogP contribution in [0.2, 0.25) is 0 Å². The molecule has 7 atom stereocenters. The van der Waals surface area contributed by atoms with Crippen molar-refractivity contribution in [2.24, 2.45) is 34.5 Å². The van der Waals surface area contributed by atoms with E-state index in [-0.39, 0.29) is 42.4 Å². The quantitative estimate of drug-likeness (QED) is 0.509. The number of carbonyl (C=O) groups is 2. The summed E-state index contributed by atoms with van der Waals surface area (Å²) in [7, 11) is 0. The standard InChI is InChI=1S/C26H42O4/c1-17(2)29-23(27)12-13-24(28)30-22-11-10-20-19-9-8-18-7-5-6-15-25(18,3)21(19)14-16-26(20,22)4/h17-22H,5-16H2,1-4H3. The Balaban J connectivity index is 1.38. The lowest BCUT2D eigenvalue weighted by Gasteiger charge is -2.60. The first-order valence-corrected chi connectivity index (χ1v) is 12.6. The molecule has 0 radical (unpaired) electrons. The van der Waals surface area contributed by atoms with Crippen molar-refractivity contribution in [3.8, 4) is 0 Å². The monoisotopic (exact) mass is 418 g/mol. The molecule has 30 heavy (non-hydrogen) atoms. The maximum atomic E-state index is 12.5. The summed E-state index contributed by atoms with van der Waals surface area (Å²) < 4.78 is 11.1. The van der Waals surface area contributed by atoms with Crippen molar-refractivity contribution < 1.29 is 19.1 Å². The van der Waals surface area contributed by atoms with Gasteiger partial charge in [0.1, 0.15) is 6.10 Å². The fraction of sp³-hybridized carbons (Fsp3) is 0.923. The van der Waals surface area contributed by atoms with Crippen LogP contribution in [-0.2, 0) is 19.1 Å². The zero-order chi connectivity index (χ0) is 21.5. The predicted octanol–water partition coefficient (Wildman–Crippen LogP) is 6.06. The smallest absolute Gasteiger partial charge is 0.306 e. The molecule has 4 fully saturated rings. The summed E-state index contributed by atoms with van der Waals surface area (Å²) in [5, 5.41) is 0. The number of hydrogen-bond donors (Lipinski definition) is 0. The van der Waals surface area contributed by atoms with E-state index in [0.717, 1.165) is 24.2 Å². The van der Waals surface area contributed by atoms with Crippen molar-refractivity contribution in [2.45, 2.75) is 117 Å². The fourth-order valence-electron chi connectivity index (χ4n) is 8.18. The molecule has 7 unspecified atom stereocenters. The van der Waals surface area contributed by atoms with E-state index < -0.39 is 0 Å². The zero-order valence-corrected chi connectivity index (χ0v) is 19.6. The van der Waals surface area contributed by atoms with Crippen LogP contribution in [0.25, 0.3) is 0 Å². The SMILES string of the molecule is CC(C)OC(=O)CCC(=O)OC1CCC2C3CCC4CCCCC4(C)C3CCC12C. The van der Waals surface area contributed by atoms with Crippen LogP contribution in [-0.4, -0.2) is 24.1 Å². The molecule has 0 aliphatic heterocycles. The third-order valence-corrected chi connectivity index (χ3v) is 9.67. The van der Waals surface area contributed by atoms with Gasteiger partial charge in [-0.25, -0.2) is 0 Å². The van der Waals surface area contributed by atoms with E-state index in [2.05, 4.69) is 13.8 Å². The highest BCUT2D eigenvalue weighted by Crippen LogP contribution is 2.66. The van der Waals surface area contributed by atoms with Gasteiger partial charge >= 0.3 is 11.9 Å². The number of ether oxygens (including phenoxy) is 2. The van der Waals surface area contributed by atoms with E-state index in [1.54, 1.807) is 0 Å². The lowest BCUT2D eigenvalue weighted by Crippen LogP contribution is -2.53. The first-order chi connectivity index (χ1) is 14.2. The molecular weight excluding hydrogens is 376 g/mol. The molecule has 4 nitrogen and oxygen atoms in total. The molecule has 170 valence electrons. The van der Waals surface area contributed by atoms with Gasteiger partial charge in [-0.2, -0.15) is 0 Å². The molecule has 0 saturated heterocycles. The van der Waals surface area contributed by atoms with Crippen LogP contribution >= 0.6 is 0 Å². The van der Waals surface area contributed by atoms with Crippen LogP contribution in [0, 0.1) is 34.5 Å². The minimum absolute atomic E-state index is 0.0222. The maximum absolute atomic E-state index is 12.5. The highest BCUT2D eigenvalue weighted by atomic mass is 16.6. The normalized spacial score (nSPS) is 42.8. The van der Waals surface area contributed by atoms with Crippen molar-refractivity contribution in [1.82, 2.24) is 0 Å². The Hall–Kier alpha value is -1.06. The first-order valence-electron chi connectivity index (χ1n) is 12.6. The summed E-state index contributed by atoms with van der Waals surface area (Å²) in [5.74, 6) is 2.78. The number of hydrogen-bond acceptors (Lipinski definition) is 4. The molecular formula is C26H42O4. The molecule has 0 bridgehead atoms. The molecule has 0 N–H and O–H groups in total. The third-order valence-electron chi connectivity index (χ3n) is 9.67. The van der Waals surface area contributed by atoms with Gasteiger partial charge in [-0.3, -0.25) is 9.59 Å². The second kappa shape index (κ2) is 8.47. The molecule has 0 aromatic rings. The Bertz CT molecular complexity index is 657. The summed E-state index contributed by atoms with van der Waals surface area (Å²) in [5.41, 5.74) is 0.668. The van der Waals surface area contributed by atoms with E-state index in [9.17, 15) is 9.59 Å². The van der Waals surface area contributed by atoms with Crippen molar-refractivity contribution in [3.63, 3.8) is 0 Å². The van der Waals surface area contributed by atoms with Gasteiger partial charge < -0.3 is 9.47 Å². The first kappa shape index (κ1) is 22.1. The Morgan fingerprint density at radius 3 is 2.33 bits per heavy atom. The molecule has 4 rings (SSSR count). The Morgan fingerprint density at radius 1 is 0.833 bits per heavy atom. The topological polar surface area (TPSA) is 52.6 Å². The molecule has 0 heterocycles. The van der Waals surface area contributed by atoms with E-state index in [4.69, 9.17) is 9.47 Å². The second-order valence-electron chi connectivity index (χ2n) is 11.5. The van der Waals surface area contributed by atoms with Gasteiger partial charge in [0.15, 0.2) is 0 Å². The largest absolute Gasteiger partial charge is 0.463 e. The molecule has 0 aromatic heterocycles. The van der Waals surface area contributed by atoms with E-state index in [1.165, 1.54) is 57.8 Å². The summed E-state index contributed by atoms with van der Waals surface area (Å²) in [4.78, 5) is 24.3. The highest BCUT2D eigenvalue weighted by Gasteiger charge is 2.60. The van der Waals surface area contributed by atoms with Gasteiger partial charge in [-0.05, 0) is 94.3 Å². The predicted molar refractivity (Wildman–Crippen MR) is 117 cm³/mol. The zero-order valence-electron chi connectivity index (χ0n) is 19.6. The molecule has 4 aliphatic rings. The average molecular weight is 419 g/mol. The highest BCUT2D eigenvalue weighted by molar-refractivity contribution is 5.77. The Kier molecular flexibility index (Phi) is 6.25. The van der Waals surface area contributed by atoms with Crippen LogP contribution < -0.4 is 0 Å². The van der Waals surface area contributed by atoms with Gasteiger partial charge in [0.05, 0.1) is 18.9 Å². The van der Waals surface area contributed by atoms with Crippen molar-refractivity contribution in [2.75, 3.05) is 0 Å². The van der Waals surface area contributed by atoms with E-state index in [1.807, 2.05) is 13.8 Å². The lowest BCUT2D eigenvalue weighted by atomic mass is 9.45. The number of esters is 2. The van der Waals surface area contributed by atoms with Crippen LogP contribution in [0.1, 0.15) is 105 Å². The summed E-state index contributed by atoms with van der Waals surface area (Å²) in [6, 6.07) is 0. The van der Waals surface area contributed by atoms with Crippen LogP contribution in [0.4, 0.5) is 0 Å². The molecule has 0 aromatic carbocycles. The second-order valence-corrected chi connectivity index (χ2v) is 11.5. The van der Waals surface area contributed by atoms with Gasteiger partial charge in [0.2, 0.25) is 0 Å². The fourth-order valence-corrected chi connectivity index (χ4v) is 8.18. The third kappa shape index (κ3) is 3.93. The summed E-state index contributed by atoms with van der Waals surface area (Å²) in [6.07, 6.45) is 13.3. The lowest BCUT2D eigenvalue weighted by molar-refractivity contribution is -0.165. The van der Waals surface area contributed by atoms with E-state index in [0.29, 0.717) is 11.3 Å². The van der Waals surface area contributed by atoms with Gasteiger partial charge in [0.25, 0.3) is 0 Å². The summed E-state index contributed by atoms with van der Waals surface area (Å²) >= 11 is 0. The van der Waals surface area contributed by atoms with Crippen molar-refractivity contribution >= 4 is 11.9 Å². The molecule has 0 amide bonds. The minimum atomic E-state index is -0.310. The minimum Gasteiger partial charge on any atom is -0.463 e. The van der Waals surface area contributed by atoms with Gasteiger partial charge in [0, 0.05) is 5.41 Å². The van der Waals surface area contributed by atoms with Crippen LogP contribution in [0.3, 0.4) is 0 Å². The summed E-state index contributed by atoms with van der Waals surface area (Å²) in [6.45, 7) is 8.65. The number of fused-ring (bicyclic) bond motifs is 5. The Labute approximate surface area is 182 Å². The van der Waals surface area contributed by atoms with Crippen LogP contribution in [0.5, 0.6) is 0 Å². The van der Waals surface area contributed by atoms with Crippen LogP contribution in [0.15, 0.2) is 0 Å². The maximum Gasteiger partial charge on any atom is 0.306 e. The Morgan fingerprint density at radius 2 is 1.57 bits per heavy atom. The average Bonchev–Trinajstić information content (AvgIpc) is 3.02.